The minimum Gasteiger partial charge on any atom is -0.499 e. The first-order valence-corrected chi connectivity index (χ1v) is 14.4. The van der Waals surface area contributed by atoms with E-state index in [0.29, 0.717) is 31.2 Å². The number of carboxylic acid groups (broad SMARTS) is 1. The molecule has 0 saturated heterocycles. The monoisotopic (exact) mass is 535 g/mol. The molecule has 0 aliphatic carbocycles. The number of aryl methyl sites for hydroxylation is 1. The molecule has 8 nitrogen and oxygen atoms in total. The van der Waals surface area contributed by atoms with Crippen molar-refractivity contribution in [2.45, 2.75) is 130 Å². The third kappa shape index (κ3) is 13.2. The zero-order chi connectivity index (χ0) is 28.6. The molecule has 0 saturated carbocycles. The maximum Gasteiger partial charge on any atom is 0.316 e. The number of phenols is 1. The van der Waals surface area contributed by atoms with Crippen LogP contribution in [-0.4, -0.2) is 27.1 Å². The summed E-state index contributed by atoms with van der Waals surface area (Å²) in [5.74, 6) is -2.83. The summed E-state index contributed by atoms with van der Waals surface area (Å²) in [5, 5.41) is 31.3. The molecule has 0 aromatic heterocycles. The molecule has 1 aromatic carbocycles. The molecular weight excluding hydrogens is 486 g/mol. The lowest BCUT2D eigenvalue weighted by Gasteiger charge is -2.17. The Morgan fingerprint density at radius 2 is 1.39 bits per heavy atom. The Kier molecular flexibility index (Phi) is 15.6. The summed E-state index contributed by atoms with van der Waals surface area (Å²) in [6, 6.07) is 2.68. The van der Waals surface area contributed by atoms with Crippen molar-refractivity contribution in [3.8, 4) is 11.5 Å². The fraction of sp³-hybridized carbons (Fsp3) is 0.733. The zero-order valence-electron chi connectivity index (χ0n) is 23.9. The van der Waals surface area contributed by atoms with Gasteiger partial charge in [-0.25, -0.2) is 0 Å². The van der Waals surface area contributed by atoms with Crippen LogP contribution < -0.4 is 4.74 Å². The minimum atomic E-state index is -0.847. The summed E-state index contributed by atoms with van der Waals surface area (Å²) < 4.78 is 5.25. The van der Waals surface area contributed by atoms with E-state index in [2.05, 4.69) is 6.92 Å². The molecule has 8 heteroatoms. The number of carbonyl (C=O) groups excluding carboxylic acids is 1. The summed E-state index contributed by atoms with van der Waals surface area (Å²) in [7, 11) is 0. The van der Waals surface area contributed by atoms with Gasteiger partial charge in [-0.3, -0.25) is 19.7 Å². The average molecular weight is 536 g/mol. The number of phenolic OH excluding ortho intramolecular Hbond substituents is 1. The van der Waals surface area contributed by atoms with E-state index < -0.39 is 39.6 Å². The Morgan fingerprint density at radius 3 is 1.87 bits per heavy atom. The molecule has 216 valence electrons. The van der Waals surface area contributed by atoms with Crippen molar-refractivity contribution in [3.05, 3.63) is 27.8 Å². The topological polar surface area (TPSA) is 127 Å². The van der Waals surface area contributed by atoms with E-state index in [-0.39, 0.29) is 5.75 Å². The first-order chi connectivity index (χ1) is 18.0. The van der Waals surface area contributed by atoms with Crippen LogP contribution in [0.4, 0.5) is 5.69 Å². The smallest absolute Gasteiger partial charge is 0.316 e. The lowest BCUT2D eigenvalue weighted by atomic mass is 9.93. The number of benzene rings is 1. The van der Waals surface area contributed by atoms with Crippen molar-refractivity contribution in [2.24, 2.45) is 11.3 Å². The van der Waals surface area contributed by atoms with Gasteiger partial charge >= 0.3 is 17.6 Å². The molecule has 1 unspecified atom stereocenters. The normalized spacial score (nSPS) is 12.3. The van der Waals surface area contributed by atoms with Gasteiger partial charge in [-0.15, -0.1) is 0 Å². The first-order valence-electron chi connectivity index (χ1n) is 14.4. The molecule has 1 atom stereocenters. The van der Waals surface area contributed by atoms with Crippen molar-refractivity contribution in [1.29, 1.82) is 0 Å². The Balaban J connectivity index is 2.47. The van der Waals surface area contributed by atoms with Gasteiger partial charge < -0.3 is 14.9 Å². The number of unbranched alkanes of at least 4 members (excludes halogenated alkanes) is 11. The van der Waals surface area contributed by atoms with E-state index in [0.717, 1.165) is 19.3 Å². The quantitative estimate of drug-likeness (QED) is 0.0564. The van der Waals surface area contributed by atoms with E-state index in [1.54, 1.807) is 20.8 Å². The maximum absolute atomic E-state index is 12.2. The van der Waals surface area contributed by atoms with Crippen LogP contribution >= 0.6 is 0 Å². The van der Waals surface area contributed by atoms with E-state index in [4.69, 9.17) is 4.74 Å². The number of ether oxygens (including phenoxy) is 1. The lowest BCUT2D eigenvalue weighted by Crippen LogP contribution is -2.25. The van der Waals surface area contributed by atoms with E-state index in [9.17, 15) is 29.9 Å². The Bertz CT molecular complexity index is 876. The molecule has 0 fully saturated rings. The summed E-state index contributed by atoms with van der Waals surface area (Å²) >= 11 is 0. The van der Waals surface area contributed by atoms with E-state index in [1.165, 1.54) is 69.9 Å². The van der Waals surface area contributed by atoms with Gasteiger partial charge in [0.1, 0.15) is 0 Å². The number of aromatic hydroxyl groups is 1. The SMILES string of the molecule is CCCCCCCCCCCCCCC(CCCc1cc(OC(=O)C(C)(C)C)c(O)c([N+](=O)[O-])c1)C(=O)O. The largest absolute Gasteiger partial charge is 0.499 e. The summed E-state index contributed by atoms with van der Waals surface area (Å²) in [4.78, 5) is 34.7. The number of hydrogen-bond donors (Lipinski definition) is 2. The van der Waals surface area contributed by atoms with Crippen LogP contribution in [0.2, 0.25) is 0 Å². The van der Waals surface area contributed by atoms with Gasteiger partial charge in [0, 0.05) is 6.07 Å². The minimum absolute atomic E-state index is 0.250. The van der Waals surface area contributed by atoms with Crippen molar-refractivity contribution < 1.29 is 29.5 Å². The molecule has 38 heavy (non-hydrogen) atoms. The van der Waals surface area contributed by atoms with Crippen molar-refractivity contribution in [2.75, 3.05) is 0 Å². The highest BCUT2D eigenvalue weighted by molar-refractivity contribution is 5.79. The van der Waals surface area contributed by atoms with Crippen LogP contribution in [0.3, 0.4) is 0 Å². The second-order valence-electron chi connectivity index (χ2n) is 11.5. The molecule has 0 heterocycles. The number of nitro groups is 1. The Hall–Kier alpha value is -2.64. The van der Waals surface area contributed by atoms with Crippen molar-refractivity contribution in [1.82, 2.24) is 0 Å². The molecule has 0 radical (unpaired) electrons. The summed E-state index contributed by atoms with van der Waals surface area (Å²) in [5.41, 5.74) is -0.869. The molecule has 0 bridgehead atoms. The lowest BCUT2D eigenvalue weighted by molar-refractivity contribution is -0.386. The molecule has 0 aliphatic heterocycles. The van der Waals surface area contributed by atoms with Crippen LogP contribution in [0.1, 0.15) is 130 Å². The predicted molar refractivity (Wildman–Crippen MR) is 150 cm³/mol. The van der Waals surface area contributed by atoms with Crippen molar-refractivity contribution >= 4 is 17.6 Å². The fourth-order valence-corrected chi connectivity index (χ4v) is 4.44. The van der Waals surface area contributed by atoms with Crippen LogP contribution in [-0.2, 0) is 16.0 Å². The number of esters is 1. The molecule has 0 amide bonds. The fourth-order valence-electron chi connectivity index (χ4n) is 4.44. The van der Waals surface area contributed by atoms with Crippen LogP contribution in [0, 0.1) is 21.4 Å². The summed E-state index contributed by atoms with van der Waals surface area (Å²) in [6.07, 6.45) is 16.7. The molecular formula is C30H49NO7. The zero-order valence-corrected chi connectivity index (χ0v) is 23.9. The van der Waals surface area contributed by atoms with E-state index >= 15 is 0 Å². The highest BCUT2D eigenvalue weighted by Crippen LogP contribution is 2.38. The highest BCUT2D eigenvalue weighted by atomic mass is 16.6. The third-order valence-corrected chi connectivity index (χ3v) is 6.90. The second-order valence-corrected chi connectivity index (χ2v) is 11.5. The molecule has 2 N–H and O–H groups in total. The number of carboxylic acids is 1. The van der Waals surface area contributed by atoms with Gasteiger partial charge in [0.2, 0.25) is 5.75 Å². The Morgan fingerprint density at radius 1 is 0.895 bits per heavy atom. The van der Waals surface area contributed by atoms with E-state index in [1.807, 2.05) is 0 Å². The van der Waals surface area contributed by atoms with Crippen molar-refractivity contribution in [3.63, 3.8) is 0 Å². The van der Waals surface area contributed by atoms with Gasteiger partial charge in [0.25, 0.3) is 0 Å². The number of hydrogen-bond acceptors (Lipinski definition) is 6. The van der Waals surface area contributed by atoms with Crippen LogP contribution in [0.15, 0.2) is 12.1 Å². The number of aliphatic carboxylic acids is 1. The first kappa shape index (κ1) is 33.4. The number of carbonyl (C=O) groups is 2. The average Bonchev–Trinajstić information content (AvgIpc) is 2.84. The van der Waals surface area contributed by atoms with Crippen LogP contribution in [0.5, 0.6) is 11.5 Å². The molecule has 1 rings (SSSR count). The summed E-state index contributed by atoms with van der Waals surface area (Å²) in [6.45, 7) is 7.17. The standard InChI is InChI=1S/C30H49NO7/c1-5-6-7-8-9-10-11-12-13-14-15-16-19-24(28(33)34)20-17-18-23-21-25(31(36)37)27(32)26(22-23)38-29(35)30(2,3)4/h21-22,24,32H,5-20H2,1-4H3,(H,33,34). The van der Waals surface area contributed by atoms with Gasteiger partial charge in [0.15, 0.2) is 5.75 Å². The van der Waals surface area contributed by atoms with Gasteiger partial charge in [-0.1, -0.05) is 84.0 Å². The Labute approximate surface area is 228 Å². The van der Waals surface area contributed by atoms with Gasteiger partial charge in [-0.2, -0.15) is 0 Å². The molecule has 0 aliphatic rings. The molecule has 0 spiro atoms. The third-order valence-electron chi connectivity index (χ3n) is 6.90. The predicted octanol–water partition coefficient (Wildman–Crippen LogP) is 8.37. The number of rotatable bonds is 20. The number of nitrogens with zero attached hydrogens (tertiary/aromatic N) is 1. The van der Waals surface area contributed by atoms with Gasteiger partial charge in [0.05, 0.1) is 16.3 Å². The highest BCUT2D eigenvalue weighted by Gasteiger charge is 2.28. The van der Waals surface area contributed by atoms with Crippen LogP contribution in [0.25, 0.3) is 0 Å². The second kappa shape index (κ2) is 17.8. The number of nitro benzene ring substituents is 1. The molecule has 1 aromatic rings. The maximum atomic E-state index is 12.2. The van der Waals surface area contributed by atoms with Gasteiger partial charge in [-0.05, 0) is 58.1 Å².